The number of hydrogen-bond donors (Lipinski definition) is 2. The van der Waals surface area contributed by atoms with Crippen LogP contribution in [-0.4, -0.2) is 4.98 Å². The Morgan fingerprint density at radius 1 is 1.12 bits per heavy atom. The molecule has 3 aromatic rings. The first-order valence-electron chi connectivity index (χ1n) is 7.01. The van der Waals surface area contributed by atoms with E-state index in [0.717, 1.165) is 30.1 Å². The molecule has 0 bridgehead atoms. The van der Waals surface area contributed by atoms with E-state index in [4.69, 9.17) is 11.6 Å². The largest absolute Gasteiger partial charge is 0.380 e. The zero-order chi connectivity index (χ0) is 17.8. The van der Waals surface area contributed by atoms with Gasteiger partial charge in [-0.1, -0.05) is 11.6 Å². The highest BCUT2D eigenvalue weighted by Gasteiger charge is 2.11. The van der Waals surface area contributed by atoms with Gasteiger partial charge in [-0.2, -0.15) is 0 Å². The maximum absolute atomic E-state index is 14.2. The van der Waals surface area contributed by atoms with Gasteiger partial charge in [-0.3, -0.25) is 0 Å². The van der Waals surface area contributed by atoms with Crippen molar-refractivity contribution in [3.8, 4) is 0 Å². The molecule has 0 saturated heterocycles. The van der Waals surface area contributed by atoms with Crippen LogP contribution in [0, 0.1) is 17.5 Å². The number of nitrogens with one attached hydrogen (secondary N) is 2. The van der Waals surface area contributed by atoms with Gasteiger partial charge in [0.15, 0.2) is 0 Å². The lowest BCUT2D eigenvalue weighted by molar-refractivity contribution is 0.587. The van der Waals surface area contributed by atoms with E-state index in [1.807, 2.05) is 0 Å². The second-order valence-corrected chi connectivity index (χ2v) is 6.90. The monoisotopic (exact) mass is 401 g/mol. The molecule has 3 nitrogen and oxygen atoms in total. The van der Waals surface area contributed by atoms with Crippen LogP contribution in [0.5, 0.6) is 0 Å². The number of aromatic nitrogens is 1. The van der Waals surface area contributed by atoms with Crippen LogP contribution >= 0.6 is 34.9 Å². The average Bonchev–Trinajstić information content (AvgIpc) is 3.10. The summed E-state index contributed by atoms with van der Waals surface area (Å²) < 4.78 is 43.9. The molecule has 130 valence electrons. The number of anilines is 2. The first kappa shape index (κ1) is 17.9. The number of nitrogens with zero attached hydrogens (tertiary/aromatic N) is 1. The van der Waals surface area contributed by atoms with Gasteiger partial charge in [-0.25, -0.2) is 18.2 Å². The normalized spacial score (nSPS) is 10.7. The summed E-state index contributed by atoms with van der Waals surface area (Å²) in [6.07, 6.45) is 0. The Kier molecular flexibility index (Phi) is 5.72. The van der Waals surface area contributed by atoms with E-state index in [-0.39, 0.29) is 17.1 Å². The fourth-order valence-electron chi connectivity index (χ4n) is 1.98. The molecular formula is C16H11ClF3N3S2. The van der Waals surface area contributed by atoms with Gasteiger partial charge < -0.3 is 10.0 Å². The third-order valence-corrected chi connectivity index (χ3v) is 4.94. The molecule has 0 aliphatic heterocycles. The predicted molar refractivity (Wildman–Crippen MR) is 96.7 cm³/mol. The summed E-state index contributed by atoms with van der Waals surface area (Å²) in [7, 11) is 0. The van der Waals surface area contributed by atoms with Gasteiger partial charge in [0.2, 0.25) is 0 Å². The molecule has 9 heteroatoms. The molecule has 2 aromatic carbocycles. The minimum Gasteiger partial charge on any atom is -0.380 e. The van der Waals surface area contributed by atoms with Crippen molar-refractivity contribution in [3.05, 3.63) is 69.3 Å². The number of halogens is 4. The fraction of sp³-hybridized carbons (Fsp3) is 0.0625. The van der Waals surface area contributed by atoms with Crippen LogP contribution in [0.3, 0.4) is 0 Å². The summed E-state index contributed by atoms with van der Waals surface area (Å²) in [5, 5.41) is 4.87. The minimum absolute atomic E-state index is 0.0215. The van der Waals surface area contributed by atoms with E-state index < -0.39 is 17.5 Å². The highest BCUT2D eigenvalue weighted by atomic mass is 35.5. The van der Waals surface area contributed by atoms with Gasteiger partial charge in [0.1, 0.15) is 23.3 Å². The Hall–Kier alpha value is -1.90. The van der Waals surface area contributed by atoms with Gasteiger partial charge in [0.25, 0.3) is 0 Å². The molecule has 2 N–H and O–H groups in total. The minimum atomic E-state index is -0.551. The Morgan fingerprint density at radius 3 is 2.72 bits per heavy atom. The van der Waals surface area contributed by atoms with Gasteiger partial charge >= 0.3 is 0 Å². The topological polar surface area (TPSA) is 37.0 Å². The van der Waals surface area contributed by atoms with E-state index in [9.17, 15) is 13.2 Å². The van der Waals surface area contributed by atoms with Gasteiger partial charge in [-0.15, -0.1) is 11.3 Å². The van der Waals surface area contributed by atoms with Crippen LogP contribution < -0.4 is 10.0 Å². The van der Waals surface area contributed by atoms with E-state index in [1.54, 1.807) is 10.9 Å². The number of hydrogen-bond acceptors (Lipinski definition) is 5. The molecule has 0 radical (unpaired) electrons. The van der Waals surface area contributed by atoms with Gasteiger partial charge in [-0.05, 0) is 42.3 Å². The molecule has 0 aliphatic carbocycles. The third kappa shape index (κ3) is 4.59. The lowest BCUT2D eigenvalue weighted by Crippen LogP contribution is -2.04. The second kappa shape index (κ2) is 7.99. The fourth-order valence-corrected chi connectivity index (χ4v) is 3.49. The number of thiazole rings is 1. The predicted octanol–water partition coefficient (Wildman–Crippen LogP) is 5.95. The molecule has 25 heavy (non-hydrogen) atoms. The quantitative estimate of drug-likeness (QED) is 0.501. The Labute approximate surface area is 155 Å². The number of benzene rings is 2. The Bertz CT molecular complexity index is 875. The average molecular weight is 402 g/mol. The molecule has 0 amide bonds. The number of rotatable bonds is 6. The van der Waals surface area contributed by atoms with Crippen molar-refractivity contribution in [2.24, 2.45) is 0 Å². The first-order valence-corrected chi connectivity index (χ1v) is 9.14. The van der Waals surface area contributed by atoms with E-state index in [2.05, 4.69) is 15.0 Å². The van der Waals surface area contributed by atoms with Crippen molar-refractivity contribution in [1.29, 1.82) is 0 Å². The van der Waals surface area contributed by atoms with Gasteiger partial charge in [0, 0.05) is 17.5 Å². The third-order valence-electron chi connectivity index (χ3n) is 3.20. The maximum Gasteiger partial charge on any atom is 0.147 e. The van der Waals surface area contributed by atoms with Crippen LogP contribution in [0.25, 0.3) is 0 Å². The van der Waals surface area contributed by atoms with Crippen LogP contribution in [-0.2, 0) is 6.54 Å². The highest BCUT2D eigenvalue weighted by molar-refractivity contribution is 8.00. The lowest BCUT2D eigenvalue weighted by Gasteiger charge is -2.12. The molecule has 3 rings (SSSR count). The zero-order valence-electron chi connectivity index (χ0n) is 12.5. The molecular weight excluding hydrogens is 391 g/mol. The second-order valence-electron chi connectivity index (χ2n) is 4.93. The van der Waals surface area contributed by atoms with E-state index in [0.29, 0.717) is 16.4 Å². The summed E-state index contributed by atoms with van der Waals surface area (Å²) in [5.41, 5.74) is 2.08. The van der Waals surface area contributed by atoms with Crippen molar-refractivity contribution < 1.29 is 13.2 Å². The Balaban J connectivity index is 1.70. The summed E-state index contributed by atoms with van der Waals surface area (Å²) in [5.74, 6) is -0.978. The standard InChI is InChI=1S/C16H11ClF3N3S2/c17-11-4-15(25-23-16-7-24-8-22-16)13(20)5-14(11)21-6-9-3-10(18)1-2-12(9)19/h1-5,7-8,21,23H,6H2. The smallest absolute Gasteiger partial charge is 0.147 e. The Morgan fingerprint density at radius 2 is 1.96 bits per heavy atom. The molecule has 0 unspecified atom stereocenters. The van der Waals surface area contributed by atoms with E-state index in [1.165, 1.54) is 23.5 Å². The van der Waals surface area contributed by atoms with Crippen molar-refractivity contribution in [1.82, 2.24) is 4.98 Å². The first-order chi connectivity index (χ1) is 12.0. The molecule has 0 saturated carbocycles. The SMILES string of the molecule is Fc1ccc(F)c(CNc2cc(F)c(SNc3cscn3)cc2Cl)c1. The molecule has 1 aromatic heterocycles. The molecule has 0 aliphatic rings. The van der Waals surface area contributed by atoms with E-state index >= 15 is 0 Å². The van der Waals surface area contributed by atoms with Crippen LogP contribution in [0.2, 0.25) is 5.02 Å². The van der Waals surface area contributed by atoms with Gasteiger partial charge in [0.05, 0.1) is 21.1 Å². The highest BCUT2D eigenvalue weighted by Crippen LogP contribution is 2.32. The molecule has 0 fully saturated rings. The summed E-state index contributed by atoms with van der Waals surface area (Å²) in [6, 6.07) is 5.82. The molecule has 1 heterocycles. The molecule has 0 atom stereocenters. The van der Waals surface area contributed by atoms with Crippen molar-refractivity contribution >= 4 is 46.4 Å². The lowest BCUT2D eigenvalue weighted by atomic mass is 10.2. The molecule has 0 spiro atoms. The zero-order valence-corrected chi connectivity index (χ0v) is 14.9. The summed E-state index contributed by atoms with van der Waals surface area (Å²) in [6.45, 7) is -0.0215. The van der Waals surface area contributed by atoms with Crippen molar-refractivity contribution in [2.75, 3.05) is 10.0 Å². The van der Waals surface area contributed by atoms with Crippen LogP contribution in [0.1, 0.15) is 5.56 Å². The van der Waals surface area contributed by atoms with Crippen LogP contribution in [0.15, 0.2) is 46.1 Å². The summed E-state index contributed by atoms with van der Waals surface area (Å²) in [4.78, 5) is 4.32. The van der Waals surface area contributed by atoms with Crippen molar-refractivity contribution in [3.63, 3.8) is 0 Å². The summed E-state index contributed by atoms with van der Waals surface area (Å²) >= 11 is 8.61. The van der Waals surface area contributed by atoms with Crippen LogP contribution in [0.4, 0.5) is 24.7 Å². The maximum atomic E-state index is 14.2. The van der Waals surface area contributed by atoms with Crippen molar-refractivity contribution in [2.45, 2.75) is 11.4 Å².